The maximum atomic E-state index is 13.4. The number of fused-ring (bicyclic) bond motifs is 2. The Kier molecular flexibility index (Phi) is 4.37. The Hall–Kier alpha value is -1.37. The van der Waals surface area contributed by atoms with Gasteiger partial charge in [0.1, 0.15) is 0 Å². The molecular formula is C18H18BrF2N3. The Morgan fingerprint density at radius 2 is 1.75 bits per heavy atom. The smallest absolute Gasteiger partial charge is 0.159 e. The Morgan fingerprint density at radius 3 is 2.38 bits per heavy atom. The molecule has 1 aromatic carbocycles. The molecule has 2 atom stereocenters. The number of halogens is 3. The van der Waals surface area contributed by atoms with Crippen molar-refractivity contribution < 1.29 is 8.78 Å². The molecule has 126 valence electrons. The maximum Gasteiger partial charge on any atom is 0.159 e. The Bertz CT molecular complexity index is 738. The monoisotopic (exact) mass is 393 g/mol. The van der Waals surface area contributed by atoms with Crippen LogP contribution in [0.2, 0.25) is 0 Å². The van der Waals surface area contributed by atoms with Crippen LogP contribution in [0.5, 0.6) is 0 Å². The summed E-state index contributed by atoms with van der Waals surface area (Å²) in [6.07, 6.45) is 2.97. The lowest BCUT2D eigenvalue weighted by molar-refractivity contribution is 0.117. The molecule has 2 aliphatic heterocycles. The summed E-state index contributed by atoms with van der Waals surface area (Å²) < 4.78 is 27.4. The van der Waals surface area contributed by atoms with Crippen LogP contribution in [0, 0.1) is 11.6 Å². The summed E-state index contributed by atoms with van der Waals surface area (Å²) >= 11 is 3.41. The fourth-order valence-corrected chi connectivity index (χ4v) is 4.03. The van der Waals surface area contributed by atoms with E-state index in [1.807, 2.05) is 12.3 Å². The third-order valence-corrected chi connectivity index (χ3v) is 5.46. The van der Waals surface area contributed by atoms with Crippen molar-refractivity contribution in [3.8, 4) is 0 Å². The molecule has 3 nitrogen and oxygen atoms in total. The van der Waals surface area contributed by atoms with Gasteiger partial charge in [-0.2, -0.15) is 0 Å². The maximum absolute atomic E-state index is 13.4. The van der Waals surface area contributed by atoms with Crippen LogP contribution in [0.4, 0.5) is 8.78 Å². The first-order valence-electron chi connectivity index (χ1n) is 8.11. The third kappa shape index (κ3) is 3.23. The highest BCUT2D eigenvalue weighted by atomic mass is 79.9. The molecule has 2 aliphatic rings. The van der Waals surface area contributed by atoms with Gasteiger partial charge in [0.2, 0.25) is 0 Å². The van der Waals surface area contributed by atoms with Gasteiger partial charge in [0, 0.05) is 48.9 Å². The third-order valence-electron chi connectivity index (χ3n) is 4.99. The fourth-order valence-electron chi connectivity index (χ4n) is 3.80. The normalized spacial score (nSPS) is 24.0. The minimum atomic E-state index is -0.783. The van der Waals surface area contributed by atoms with Crippen molar-refractivity contribution in [1.82, 2.24) is 14.8 Å². The number of likely N-dealkylation sites (tertiary alicyclic amines) is 2. The summed E-state index contributed by atoms with van der Waals surface area (Å²) in [4.78, 5) is 9.30. The van der Waals surface area contributed by atoms with Crippen LogP contribution in [0.25, 0.3) is 0 Å². The summed E-state index contributed by atoms with van der Waals surface area (Å²) in [6, 6.07) is 9.27. The van der Waals surface area contributed by atoms with Crippen molar-refractivity contribution in [2.75, 3.05) is 13.1 Å². The highest BCUT2D eigenvalue weighted by Crippen LogP contribution is 2.32. The molecule has 24 heavy (non-hydrogen) atoms. The van der Waals surface area contributed by atoms with Gasteiger partial charge >= 0.3 is 0 Å². The molecule has 2 bridgehead atoms. The van der Waals surface area contributed by atoms with Gasteiger partial charge in [-0.15, -0.1) is 0 Å². The predicted octanol–water partition coefficient (Wildman–Crippen LogP) is 3.58. The van der Waals surface area contributed by atoms with Gasteiger partial charge in [-0.1, -0.05) is 6.07 Å². The van der Waals surface area contributed by atoms with Crippen LogP contribution in [0.15, 0.2) is 41.0 Å². The average Bonchev–Trinajstić information content (AvgIpc) is 3.13. The lowest BCUT2D eigenvalue weighted by Gasteiger charge is -2.34. The second-order valence-corrected chi connectivity index (χ2v) is 7.53. The highest BCUT2D eigenvalue weighted by molar-refractivity contribution is 9.10. The number of rotatable bonds is 4. The van der Waals surface area contributed by atoms with Crippen LogP contribution < -0.4 is 0 Å². The highest BCUT2D eigenvalue weighted by Gasteiger charge is 2.42. The first-order chi connectivity index (χ1) is 11.6. The SMILES string of the molecule is Fc1ccc(CN2CC3CC2CN3Cc2ccc(Br)cn2)cc1F. The van der Waals surface area contributed by atoms with Gasteiger partial charge in [-0.3, -0.25) is 14.8 Å². The van der Waals surface area contributed by atoms with Crippen LogP contribution in [0.3, 0.4) is 0 Å². The molecule has 2 saturated heterocycles. The van der Waals surface area contributed by atoms with Crippen molar-refractivity contribution in [1.29, 1.82) is 0 Å². The zero-order valence-corrected chi connectivity index (χ0v) is 14.7. The Labute approximate surface area is 148 Å². The number of piperazine rings is 1. The van der Waals surface area contributed by atoms with E-state index in [0.29, 0.717) is 18.6 Å². The second kappa shape index (κ2) is 6.50. The van der Waals surface area contributed by atoms with E-state index in [0.717, 1.165) is 41.8 Å². The van der Waals surface area contributed by atoms with Crippen molar-refractivity contribution in [3.63, 3.8) is 0 Å². The number of aromatic nitrogens is 1. The molecule has 0 spiro atoms. The first-order valence-corrected chi connectivity index (χ1v) is 8.90. The quantitative estimate of drug-likeness (QED) is 0.791. The summed E-state index contributed by atoms with van der Waals surface area (Å²) in [5.74, 6) is -1.55. The lowest BCUT2D eigenvalue weighted by atomic mass is 10.2. The van der Waals surface area contributed by atoms with Crippen molar-refractivity contribution in [2.24, 2.45) is 0 Å². The van der Waals surface area contributed by atoms with Gasteiger partial charge in [0.25, 0.3) is 0 Å². The van der Waals surface area contributed by atoms with Crippen LogP contribution >= 0.6 is 15.9 Å². The van der Waals surface area contributed by atoms with Gasteiger partial charge in [0.05, 0.1) is 5.69 Å². The van der Waals surface area contributed by atoms with E-state index in [4.69, 9.17) is 0 Å². The molecule has 1 aromatic heterocycles. The van der Waals surface area contributed by atoms with E-state index in [-0.39, 0.29) is 0 Å². The van der Waals surface area contributed by atoms with E-state index in [1.165, 1.54) is 12.1 Å². The molecule has 0 N–H and O–H groups in total. The fraction of sp³-hybridized carbons (Fsp3) is 0.389. The minimum absolute atomic E-state index is 0.485. The molecule has 0 radical (unpaired) electrons. The molecule has 4 rings (SSSR count). The lowest BCUT2D eigenvalue weighted by Crippen LogP contribution is -2.45. The first kappa shape index (κ1) is 16.1. The van der Waals surface area contributed by atoms with E-state index in [1.54, 1.807) is 6.07 Å². The predicted molar refractivity (Wildman–Crippen MR) is 91.3 cm³/mol. The minimum Gasteiger partial charge on any atom is -0.293 e. The summed E-state index contributed by atoms with van der Waals surface area (Å²) in [5.41, 5.74) is 1.92. The number of hydrogen-bond donors (Lipinski definition) is 0. The van der Waals surface area contributed by atoms with E-state index >= 15 is 0 Å². The van der Waals surface area contributed by atoms with Gasteiger partial charge < -0.3 is 0 Å². The second-order valence-electron chi connectivity index (χ2n) is 6.62. The Morgan fingerprint density at radius 1 is 1.00 bits per heavy atom. The average molecular weight is 394 g/mol. The Balaban J connectivity index is 1.37. The standard InChI is InChI=1S/C18H18BrF2N3/c19-13-2-3-14(22-7-13)9-24-11-15-6-16(24)10-23(15)8-12-1-4-17(20)18(21)5-12/h1-5,7,15-16H,6,8-11H2. The summed E-state index contributed by atoms with van der Waals surface area (Å²) in [7, 11) is 0. The van der Waals surface area contributed by atoms with Crippen molar-refractivity contribution in [2.45, 2.75) is 31.6 Å². The number of nitrogens with zero attached hydrogens (tertiary/aromatic N) is 3. The van der Waals surface area contributed by atoms with E-state index in [2.05, 4.69) is 36.8 Å². The molecule has 0 aliphatic carbocycles. The molecule has 2 unspecified atom stereocenters. The molecule has 6 heteroatoms. The van der Waals surface area contributed by atoms with Crippen LogP contribution in [-0.4, -0.2) is 40.0 Å². The summed E-state index contributed by atoms with van der Waals surface area (Å²) in [6.45, 7) is 3.53. The topological polar surface area (TPSA) is 19.4 Å². The van der Waals surface area contributed by atoms with E-state index < -0.39 is 11.6 Å². The molecule has 0 amide bonds. The molecule has 2 fully saturated rings. The zero-order valence-electron chi connectivity index (χ0n) is 13.1. The molecule has 3 heterocycles. The van der Waals surface area contributed by atoms with Crippen molar-refractivity contribution >= 4 is 15.9 Å². The summed E-state index contributed by atoms with van der Waals surface area (Å²) in [5, 5.41) is 0. The number of benzene rings is 1. The molecule has 0 saturated carbocycles. The largest absolute Gasteiger partial charge is 0.293 e. The van der Waals surface area contributed by atoms with Gasteiger partial charge in [-0.05, 0) is 52.2 Å². The van der Waals surface area contributed by atoms with Crippen LogP contribution in [0.1, 0.15) is 17.7 Å². The van der Waals surface area contributed by atoms with Crippen LogP contribution in [-0.2, 0) is 13.1 Å². The van der Waals surface area contributed by atoms with E-state index in [9.17, 15) is 8.78 Å². The number of pyridine rings is 1. The van der Waals surface area contributed by atoms with Gasteiger partial charge in [-0.25, -0.2) is 8.78 Å². The zero-order chi connectivity index (χ0) is 16.7. The van der Waals surface area contributed by atoms with Gasteiger partial charge in [0.15, 0.2) is 11.6 Å². The number of hydrogen-bond acceptors (Lipinski definition) is 3. The molecular weight excluding hydrogens is 376 g/mol. The van der Waals surface area contributed by atoms with Crippen molar-refractivity contribution in [3.05, 3.63) is 63.9 Å². The molecule has 2 aromatic rings.